The molecule has 0 aliphatic heterocycles. The second-order valence-electron chi connectivity index (χ2n) is 8.81. The van der Waals surface area contributed by atoms with E-state index in [4.69, 9.17) is 29.6 Å². The molecule has 0 saturated carbocycles. The van der Waals surface area contributed by atoms with Gasteiger partial charge in [0.05, 0.1) is 35.7 Å². The molecule has 0 aliphatic rings. The van der Waals surface area contributed by atoms with Gasteiger partial charge < -0.3 is 24.6 Å². The molecule has 0 bridgehead atoms. The van der Waals surface area contributed by atoms with Gasteiger partial charge in [-0.15, -0.1) is 11.3 Å². The van der Waals surface area contributed by atoms with Gasteiger partial charge in [-0.3, -0.25) is 0 Å². The second kappa shape index (κ2) is 12.8. The third kappa shape index (κ3) is 8.36. The van der Waals surface area contributed by atoms with Crippen molar-refractivity contribution in [2.24, 2.45) is 10.9 Å². The lowest BCUT2D eigenvalue weighted by atomic mass is 10.1. The first-order valence-corrected chi connectivity index (χ1v) is 14.6. The summed E-state index contributed by atoms with van der Waals surface area (Å²) in [5.41, 5.74) is 7.90. The molecule has 0 radical (unpaired) electrons. The van der Waals surface area contributed by atoms with E-state index in [1.807, 2.05) is 19.1 Å². The van der Waals surface area contributed by atoms with E-state index in [2.05, 4.69) is 31.1 Å². The van der Waals surface area contributed by atoms with E-state index in [-0.39, 0.29) is 17.1 Å². The first-order chi connectivity index (χ1) is 17.6. The number of nitrogens with zero attached hydrogens (tertiary/aromatic N) is 2. The molecule has 1 heterocycles. The van der Waals surface area contributed by atoms with Crippen LogP contribution in [0.3, 0.4) is 0 Å². The van der Waals surface area contributed by atoms with Gasteiger partial charge >= 0.3 is 10.1 Å². The standard InChI is InChI=1S/C26H33N3O6S2/c1-17(2)25-24(28-18(3)36-25)19-8-10-20(11-9-19)33-14-6-5-7-15-34-21-12-13-22(26(27)29-30)23(16-21)35-37(4,31)32/h8-13,16-17,30H,5-7,14-15H2,1-4H3,(H2,27,29). The molecule has 0 unspecified atom stereocenters. The van der Waals surface area contributed by atoms with E-state index in [0.29, 0.717) is 24.9 Å². The number of benzene rings is 2. The summed E-state index contributed by atoms with van der Waals surface area (Å²) < 4.78 is 39.6. The third-order valence-electron chi connectivity index (χ3n) is 5.32. The zero-order valence-corrected chi connectivity index (χ0v) is 23.1. The minimum Gasteiger partial charge on any atom is -0.494 e. The van der Waals surface area contributed by atoms with Crippen molar-refractivity contribution < 1.29 is 27.3 Å². The van der Waals surface area contributed by atoms with E-state index in [1.54, 1.807) is 17.4 Å². The van der Waals surface area contributed by atoms with Crippen LogP contribution in [0.25, 0.3) is 11.3 Å². The Morgan fingerprint density at radius 1 is 1.05 bits per heavy atom. The smallest absolute Gasteiger partial charge is 0.306 e. The lowest BCUT2D eigenvalue weighted by Crippen LogP contribution is -2.16. The van der Waals surface area contributed by atoms with Crippen LogP contribution >= 0.6 is 11.3 Å². The molecular weight excluding hydrogens is 514 g/mol. The van der Waals surface area contributed by atoms with E-state index in [0.717, 1.165) is 47.5 Å². The number of thiazole rings is 1. The number of aryl methyl sites for hydroxylation is 1. The van der Waals surface area contributed by atoms with Crippen LogP contribution in [-0.2, 0) is 10.1 Å². The molecule has 3 aromatic rings. The van der Waals surface area contributed by atoms with Crippen molar-refractivity contribution in [1.82, 2.24) is 4.98 Å². The summed E-state index contributed by atoms with van der Waals surface area (Å²) in [5, 5.41) is 12.9. The van der Waals surface area contributed by atoms with E-state index >= 15 is 0 Å². The monoisotopic (exact) mass is 547 g/mol. The van der Waals surface area contributed by atoms with E-state index in [9.17, 15) is 8.42 Å². The number of oxime groups is 1. The van der Waals surface area contributed by atoms with Gasteiger partial charge in [-0.2, -0.15) is 8.42 Å². The Kier molecular flexibility index (Phi) is 9.76. The first-order valence-electron chi connectivity index (χ1n) is 11.9. The third-order valence-corrected chi connectivity index (χ3v) is 7.07. The Balaban J connectivity index is 1.43. The fraction of sp³-hybridized carbons (Fsp3) is 0.385. The molecule has 0 atom stereocenters. The maximum atomic E-state index is 11.5. The van der Waals surface area contributed by atoms with Crippen molar-refractivity contribution >= 4 is 27.3 Å². The van der Waals surface area contributed by atoms with Gasteiger partial charge in [-0.05, 0) is 68.5 Å². The Morgan fingerprint density at radius 3 is 2.27 bits per heavy atom. The largest absolute Gasteiger partial charge is 0.494 e. The molecular formula is C26H33N3O6S2. The number of hydrogen-bond acceptors (Lipinski definition) is 9. The molecule has 9 nitrogen and oxygen atoms in total. The molecule has 0 saturated heterocycles. The minimum atomic E-state index is -3.80. The fourth-order valence-corrected chi connectivity index (χ4v) is 5.02. The molecule has 200 valence electrons. The molecule has 11 heteroatoms. The Labute approximate surface area is 222 Å². The van der Waals surface area contributed by atoms with Gasteiger partial charge in [0.1, 0.15) is 11.5 Å². The second-order valence-corrected chi connectivity index (χ2v) is 11.6. The molecule has 1 aromatic heterocycles. The highest BCUT2D eigenvalue weighted by Gasteiger charge is 2.16. The number of hydrogen-bond donors (Lipinski definition) is 2. The number of ether oxygens (including phenoxy) is 2. The first kappa shape index (κ1) is 28.3. The maximum absolute atomic E-state index is 11.5. The molecule has 37 heavy (non-hydrogen) atoms. The van der Waals surface area contributed by atoms with Crippen molar-refractivity contribution in [3.05, 3.63) is 57.9 Å². The van der Waals surface area contributed by atoms with Gasteiger partial charge in [0.25, 0.3) is 0 Å². The van der Waals surface area contributed by atoms with Crippen molar-refractivity contribution in [3.8, 4) is 28.5 Å². The predicted molar refractivity (Wildman–Crippen MR) is 146 cm³/mol. The maximum Gasteiger partial charge on any atom is 0.306 e. The predicted octanol–water partition coefficient (Wildman–Crippen LogP) is 5.30. The van der Waals surface area contributed by atoms with Crippen LogP contribution in [0.2, 0.25) is 0 Å². The molecule has 2 aromatic carbocycles. The zero-order chi connectivity index (χ0) is 27.0. The SMILES string of the molecule is Cc1nc(-c2ccc(OCCCCCOc3ccc(/C(N)=N/O)c(OS(C)(=O)=O)c3)cc2)c(C(C)C)s1. The van der Waals surface area contributed by atoms with E-state index in [1.165, 1.54) is 17.0 Å². The van der Waals surface area contributed by atoms with Crippen molar-refractivity contribution in [1.29, 1.82) is 0 Å². The number of unbranched alkanes of at least 4 members (excludes halogenated alkanes) is 2. The summed E-state index contributed by atoms with van der Waals surface area (Å²) in [5.74, 6) is 1.34. The van der Waals surface area contributed by atoms with Crippen molar-refractivity contribution in [2.75, 3.05) is 19.5 Å². The highest BCUT2D eigenvalue weighted by Crippen LogP contribution is 2.34. The van der Waals surface area contributed by atoms with Gasteiger partial charge in [0, 0.05) is 16.5 Å². The lowest BCUT2D eigenvalue weighted by molar-refractivity contribution is 0.279. The summed E-state index contributed by atoms with van der Waals surface area (Å²) in [4.78, 5) is 6.00. The van der Waals surface area contributed by atoms with Crippen molar-refractivity contribution in [2.45, 2.75) is 46.0 Å². The summed E-state index contributed by atoms with van der Waals surface area (Å²) >= 11 is 1.75. The quantitative estimate of drug-likeness (QED) is 0.0735. The lowest BCUT2D eigenvalue weighted by Gasteiger charge is -2.12. The van der Waals surface area contributed by atoms with Crippen molar-refractivity contribution in [3.63, 3.8) is 0 Å². The summed E-state index contributed by atoms with van der Waals surface area (Å²) in [6.07, 6.45) is 3.45. The van der Waals surface area contributed by atoms with Gasteiger partial charge in [-0.1, -0.05) is 19.0 Å². The minimum absolute atomic E-state index is 0.0694. The Morgan fingerprint density at radius 2 is 1.68 bits per heavy atom. The summed E-state index contributed by atoms with van der Waals surface area (Å²) in [6, 6.07) is 12.5. The average molecular weight is 548 g/mol. The van der Waals surface area contributed by atoms with Crippen LogP contribution in [0.15, 0.2) is 47.6 Å². The van der Waals surface area contributed by atoms with Gasteiger partial charge in [0.2, 0.25) is 0 Å². The molecule has 3 rings (SSSR count). The number of nitrogens with two attached hydrogens (primary N) is 1. The van der Waals surface area contributed by atoms with Crippen LogP contribution < -0.4 is 19.4 Å². The summed E-state index contributed by atoms with van der Waals surface area (Å²) in [7, 11) is -3.80. The molecule has 0 fully saturated rings. The molecule has 3 N–H and O–H groups in total. The van der Waals surface area contributed by atoms with Crippen LogP contribution in [0.4, 0.5) is 0 Å². The molecule has 0 amide bonds. The molecule has 0 spiro atoms. The highest BCUT2D eigenvalue weighted by atomic mass is 32.2. The van der Waals surface area contributed by atoms with Crippen LogP contribution in [0.1, 0.15) is 54.5 Å². The van der Waals surface area contributed by atoms with E-state index < -0.39 is 10.1 Å². The summed E-state index contributed by atoms with van der Waals surface area (Å²) in [6.45, 7) is 7.43. The number of aromatic nitrogens is 1. The van der Waals surface area contributed by atoms with Crippen LogP contribution in [0.5, 0.6) is 17.2 Å². The zero-order valence-electron chi connectivity index (χ0n) is 21.4. The highest BCUT2D eigenvalue weighted by molar-refractivity contribution is 7.86. The van der Waals surface area contributed by atoms with Gasteiger partial charge in [-0.25, -0.2) is 4.98 Å². The Hall–Kier alpha value is -3.31. The topological polar surface area (TPSA) is 133 Å². The normalized spacial score (nSPS) is 12.1. The number of rotatable bonds is 13. The van der Waals surface area contributed by atoms with Crippen LogP contribution in [0, 0.1) is 6.92 Å². The van der Waals surface area contributed by atoms with Crippen LogP contribution in [-0.4, -0.2) is 43.9 Å². The number of amidine groups is 1. The average Bonchev–Trinajstić information content (AvgIpc) is 3.24. The fourth-order valence-electron chi connectivity index (χ4n) is 3.60. The molecule has 0 aliphatic carbocycles. The Bertz CT molecular complexity index is 1320. The van der Waals surface area contributed by atoms with Gasteiger partial charge in [0.15, 0.2) is 11.6 Å².